The fourth-order valence-corrected chi connectivity index (χ4v) is 5.57. The first kappa shape index (κ1) is 32.4. The number of benzene rings is 3. The highest BCUT2D eigenvalue weighted by atomic mass is 16.4. The number of likely N-dealkylation sites (N-methyl/N-ethyl adjacent to an activating group) is 1. The van der Waals surface area contributed by atoms with Crippen LogP contribution in [0.5, 0.6) is 0 Å². The molecule has 0 saturated carbocycles. The minimum atomic E-state index is -1.06. The van der Waals surface area contributed by atoms with Crippen molar-refractivity contribution in [3.8, 4) is 0 Å². The van der Waals surface area contributed by atoms with E-state index in [0.717, 1.165) is 16.7 Å². The number of carboxylic acids is 1. The van der Waals surface area contributed by atoms with Crippen LogP contribution in [0.3, 0.4) is 0 Å². The molecule has 3 N–H and O–H groups in total. The molecule has 9 nitrogen and oxygen atoms in total. The Kier molecular flexibility index (Phi) is 10.5. The number of carbonyl (C=O) groups excluding carboxylic acids is 3. The Balaban J connectivity index is 1.68. The summed E-state index contributed by atoms with van der Waals surface area (Å²) in [5.74, 6) is -1.75. The van der Waals surface area contributed by atoms with Gasteiger partial charge in [0.05, 0.1) is 18.2 Å². The molecular weight excluding hydrogens is 556 g/mol. The monoisotopic (exact) mass is 598 g/mol. The number of carboxylic acid groups (broad SMARTS) is 1. The van der Waals surface area contributed by atoms with E-state index in [9.17, 15) is 24.3 Å². The highest BCUT2D eigenvalue weighted by Gasteiger charge is 2.40. The van der Waals surface area contributed by atoms with E-state index in [4.69, 9.17) is 0 Å². The number of hydrogen-bond donors (Lipinski definition) is 3. The molecule has 1 aliphatic rings. The third-order valence-electron chi connectivity index (χ3n) is 8.00. The van der Waals surface area contributed by atoms with Gasteiger partial charge in [-0.05, 0) is 66.3 Å². The van der Waals surface area contributed by atoms with Gasteiger partial charge < -0.3 is 25.5 Å². The van der Waals surface area contributed by atoms with E-state index in [1.807, 2.05) is 74.2 Å². The lowest BCUT2D eigenvalue weighted by molar-refractivity contribution is -0.142. The molecule has 0 aliphatic carbocycles. The number of rotatable bonds is 11. The van der Waals surface area contributed by atoms with Gasteiger partial charge in [-0.1, -0.05) is 75.4 Å². The molecule has 2 unspecified atom stereocenters. The predicted octanol–water partition coefficient (Wildman–Crippen LogP) is 3.77. The Morgan fingerprint density at radius 1 is 0.909 bits per heavy atom. The van der Waals surface area contributed by atoms with Crippen molar-refractivity contribution < 1.29 is 24.3 Å². The standard InChI is InChI=1S/C35H42N4O5/c1-35(2,3)31(37-30(40)21-36-4)33(42)39-22-28-13-9-8-12-27(28)20-29(39)23-38(19-18-24-10-6-5-7-11-24)32(41)25-14-16-26(17-15-25)34(43)44/h5-17,29,31,36H,18-23H2,1-4H3,(H,37,40)(H,43,44). The van der Waals surface area contributed by atoms with Gasteiger partial charge in [-0.25, -0.2) is 4.79 Å². The second-order valence-corrected chi connectivity index (χ2v) is 12.4. The van der Waals surface area contributed by atoms with Crippen molar-refractivity contribution in [2.45, 2.75) is 52.2 Å². The number of fused-ring (bicyclic) bond motifs is 1. The molecule has 1 heterocycles. The third-order valence-corrected chi connectivity index (χ3v) is 8.00. The average molecular weight is 599 g/mol. The lowest BCUT2D eigenvalue weighted by atomic mass is 9.84. The summed E-state index contributed by atoms with van der Waals surface area (Å²) in [4.78, 5) is 55.9. The third kappa shape index (κ3) is 8.11. The van der Waals surface area contributed by atoms with Crippen molar-refractivity contribution in [2.24, 2.45) is 5.41 Å². The van der Waals surface area contributed by atoms with Crippen molar-refractivity contribution >= 4 is 23.7 Å². The maximum absolute atomic E-state index is 14.3. The molecule has 0 spiro atoms. The first-order valence-electron chi connectivity index (χ1n) is 15.0. The summed E-state index contributed by atoms with van der Waals surface area (Å²) in [5.41, 5.74) is 3.16. The van der Waals surface area contributed by atoms with Crippen LogP contribution in [0.1, 0.15) is 58.2 Å². The van der Waals surface area contributed by atoms with Crippen LogP contribution in [0.2, 0.25) is 0 Å². The second kappa shape index (κ2) is 14.3. The molecule has 0 fully saturated rings. The number of carbonyl (C=O) groups is 4. The van der Waals surface area contributed by atoms with Crippen LogP contribution in [0, 0.1) is 5.41 Å². The van der Waals surface area contributed by atoms with E-state index in [1.165, 1.54) is 24.3 Å². The molecular formula is C35H42N4O5. The van der Waals surface area contributed by atoms with Crippen molar-refractivity contribution in [3.63, 3.8) is 0 Å². The summed E-state index contributed by atoms with van der Waals surface area (Å²) in [6.07, 6.45) is 1.16. The van der Waals surface area contributed by atoms with Gasteiger partial charge in [0.1, 0.15) is 6.04 Å². The van der Waals surface area contributed by atoms with Gasteiger partial charge >= 0.3 is 5.97 Å². The van der Waals surface area contributed by atoms with Gasteiger partial charge in [-0.3, -0.25) is 14.4 Å². The van der Waals surface area contributed by atoms with Crippen LogP contribution in [-0.4, -0.2) is 77.4 Å². The molecule has 9 heteroatoms. The predicted molar refractivity (Wildman–Crippen MR) is 169 cm³/mol. The average Bonchev–Trinajstić information content (AvgIpc) is 3.01. The quantitative estimate of drug-likeness (QED) is 0.309. The smallest absolute Gasteiger partial charge is 0.335 e. The van der Waals surface area contributed by atoms with Gasteiger partial charge in [-0.15, -0.1) is 0 Å². The van der Waals surface area contributed by atoms with Crippen LogP contribution >= 0.6 is 0 Å². The van der Waals surface area contributed by atoms with Crippen molar-refractivity contribution in [1.29, 1.82) is 0 Å². The second-order valence-electron chi connectivity index (χ2n) is 12.4. The molecule has 44 heavy (non-hydrogen) atoms. The van der Waals surface area contributed by atoms with Crippen LogP contribution in [0.15, 0.2) is 78.9 Å². The van der Waals surface area contributed by atoms with Crippen LogP contribution < -0.4 is 10.6 Å². The van der Waals surface area contributed by atoms with Crippen LogP contribution in [-0.2, 0) is 29.0 Å². The Morgan fingerprint density at radius 3 is 2.14 bits per heavy atom. The zero-order valence-electron chi connectivity index (χ0n) is 25.9. The Hall–Kier alpha value is -4.50. The molecule has 3 aromatic rings. The zero-order chi connectivity index (χ0) is 31.9. The normalized spacial score (nSPS) is 15.2. The van der Waals surface area contributed by atoms with Gasteiger partial charge in [0.25, 0.3) is 5.91 Å². The summed E-state index contributed by atoms with van der Waals surface area (Å²) in [6, 6.07) is 22.7. The summed E-state index contributed by atoms with van der Waals surface area (Å²) in [5, 5.41) is 15.1. The van der Waals surface area contributed by atoms with Gasteiger partial charge in [-0.2, -0.15) is 0 Å². The highest BCUT2D eigenvalue weighted by molar-refractivity contribution is 5.96. The Morgan fingerprint density at radius 2 is 1.52 bits per heavy atom. The van der Waals surface area contributed by atoms with E-state index < -0.39 is 17.4 Å². The van der Waals surface area contributed by atoms with Crippen LogP contribution in [0.25, 0.3) is 0 Å². The molecule has 2 atom stereocenters. The molecule has 0 bridgehead atoms. The maximum Gasteiger partial charge on any atom is 0.335 e. The van der Waals surface area contributed by atoms with Gasteiger partial charge in [0, 0.05) is 25.2 Å². The van der Waals surface area contributed by atoms with Gasteiger partial charge in [0.2, 0.25) is 11.8 Å². The number of hydrogen-bond acceptors (Lipinski definition) is 5. The Labute approximate surface area is 259 Å². The molecule has 3 amide bonds. The molecule has 0 saturated heterocycles. The summed E-state index contributed by atoms with van der Waals surface area (Å²) >= 11 is 0. The molecule has 1 aliphatic heterocycles. The minimum absolute atomic E-state index is 0.0918. The highest BCUT2D eigenvalue weighted by Crippen LogP contribution is 2.29. The van der Waals surface area contributed by atoms with E-state index in [-0.39, 0.29) is 42.4 Å². The fourth-order valence-electron chi connectivity index (χ4n) is 5.57. The molecule has 232 valence electrons. The minimum Gasteiger partial charge on any atom is -0.478 e. The molecule has 4 rings (SSSR count). The number of nitrogens with zero attached hydrogens (tertiary/aromatic N) is 2. The number of amides is 3. The van der Waals surface area contributed by atoms with E-state index in [0.29, 0.717) is 31.5 Å². The van der Waals surface area contributed by atoms with Crippen molar-refractivity contribution in [1.82, 2.24) is 20.4 Å². The first-order valence-corrected chi connectivity index (χ1v) is 15.0. The van der Waals surface area contributed by atoms with Crippen LogP contribution in [0.4, 0.5) is 0 Å². The largest absolute Gasteiger partial charge is 0.478 e. The summed E-state index contributed by atoms with van der Waals surface area (Å²) in [7, 11) is 1.68. The van der Waals surface area contributed by atoms with E-state index in [1.54, 1.807) is 11.9 Å². The Bertz CT molecular complexity index is 1470. The topological polar surface area (TPSA) is 119 Å². The number of aromatic carboxylic acids is 1. The van der Waals surface area contributed by atoms with Crippen molar-refractivity contribution in [3.05, 3.63) is 107 Å². The SMILES string of the molecule is CNCC(=O)NC(C(=O)N1Cc2ccccc2CC1CN(CCc1ccccc1)C(=O)c1ccc(C(=O)O)cc1)C(C)(C)C. The van der Waals surface area contributed by atoms with Gasteiger partial charge in [0.15, 0.2) is 0 Å². The fraction of sp³-hybridized carbons (Fsp3) is 0.371. The first-order chi connectivity index (χ1) is 21.0. The summed E-state index contributed by atoms with van der Waals surface area (Å²) in [6.45, 7) is 6.92. The van der Waals surface area contributed by atoms with Crippen molar-refractivity contribution in [2.75, 3.05) is 26.7 Å². The maximum atomic E-state index is 14.3. The molecule has 0 aromatic heterocycles. The summed E-state index contributed by atoms with van der Waals surface area (Å²) < 4.78 is 0. The molecule has 3 aromatic carbocycles. The zero-order valence-corrected chi connectivity index (χ0v) is 25.9. The lowest BCUT2D eigenvalue weighted by Crippen LogP contribution is -2.60. The lowest BCUT2D eigenvalue weighted by Gasteiger charge is -2.43. The molecule has 0 radical (unpaired) electrons. The number of nitrogens with one attached hydrogen (secondary N) is 2. The van der Waals surface area contributed by atoms with E-state index in [2.05, 4.69) is 16.7 Å². The van der Waals surface area contributed by atoms with E-state index >= 15 is 0 Å².